The third-order valence-corrected chi connectivity index (χ3v) is 4.92. The highest BCUT2D eigenvalue weighted by atomic mass is 19.2. The molecule has 0 radical (unpaired) electrons. The van der Waals surface area contributed by atoms with Crippen LogP contribution in [0.4, 0.5) is 18.0 Å². The molecule has 0 spiro atoms. The highest BCUT2D eigenvalue weighted by Gasteiger charge is 2.73. The van der Waals surface area contributed by atoms with Crippen LogP contribution in [0, 0.1) is 5.82 Å². The number of ether oxygens (including phenoxy) is 2. The molecule has 3 atom stereocenters. The molecule has 2 saturated heterocycles. The van der Waals surface area contributed by atoms with Crippen LogP contribution in [-0.4, -0.2) is 47.1 Å². The fourth-order valence-corrected chi connectivity index (χ4v) is 3.86. The van der Waals surface area contributed by atoms with Gasteiger partial charge < -0.3 is 9.47 Å². The zero-order chi connectivity index (χ0) is 20.3. The molecule has 2 aliphatic rings. The number of fused-ring (bicyclic) bond motifs is 1. The molecule has 2 fully saturated rings. The van der Waals surface area contributed by atoms with Crippen molar-refractivity contribution in [1.29, 1.82) is 0 Å². The van der Waals surface area contributed by atoms with E-state index < -0.39 is 59.9 Å². The molecule has 0 aromatic heterocycles. The molecular formula is C19H22F3NO4. The predicted octanol–water partition coefficient (Wildman–Crippen LogP) is 3.66. The number of rotatable bonds is 1. The van der Waals surface area contributed by atoms with Gasteiger partial charge in [0.2, 0.25) is 0 Å². The summed E-state index contributed by atoms with van der Waals surface area (Å²) in [4.78, 5) is 26.1. The third kappa shape index (κ3) is 2.90. The minimum atomic E-state index is -2.67. The lowest BCUT2D eigenvalue weighted by Crippen LogP contribution is -2.72. The maximum absolute atomic E-state index is 16.1. The smallest absolute Gasteiger partial charge is 0.418 e. The number of hydrogen-bond acceptors (Lipinski definition) is 4. The molecule has 27 heavy (non-hydrogen) atoms. The van der Waals surface area contributed by atoms with Crippen molar-refractivity contribution in [3.05, 3.63) is 35.6 Å². The number of likely N-dealkylation sites (tertiary alicyclic amines) is 1. The molecule has 0 unspecified atom stereocenters. The number of amides is 2. The number of imide groups is 1. The molecule has 0 bridgehead atoms. The lowest BCUT2D eigenvalue weighted by molar-refractivity contribution is -0.172. The Hall–Kier alpha value is -2.09. The first-order valence-electron chi connectivity index (χ1n) is 8.62. The fraction of sp³-hybridized carbons (Fsp3) is 0.579. The highest BCUT2D eigenvalue weighted by Crippen LogP contribution is 2.55. The number of piperidine rings is 1. The van der Waals surface area contributed by atoms with Crippen molar-refractivity contribution in [2.75, 3.05) is 13.2 Å². The maximum Gasteiger partial charge on any atom is 0.418 e. The number of carbonyl (C=O) groups is 2. The summed E-state index contributed by atoms with van der Waals surface area (Å²) < 4.78 is 56.2. The summed E-state index contributed by atoms with van der Waals surface area (Å²) >= 11 is 0. The number of alkyl halides is 2. The second-order valence-corrected chi connectivity index (χ2v) is 8.29. The topological polar surface area (TPSA) is 55.8 Å². The summed E-state index contributed by atoms with van der Waals surface area (Å²) in [5, 5.41) is 0. The molecule has 0 saturated carbocycles. The molecule has 5 nitrogen and oxygen atoms in total. The molecular weight excluding hydrogens is 363 g/mol. The van der Waals surface area contributed by atoms with Crippen LogP contribution in [-0.2, 0) is 19.8 Å². The van der Waals surface area contributed by atoms with E-state index in [0.29, 0.717) is 4.90 Å². The second-order valence-electron chi connectivity index (χ2n) is 8.29. The van der Waals surface area contributed by atoms with Gasteiger partial charge in [0, 0.05) is 12.0 Å². The Labute approximate surface area is 155 Å². The van der Waals surface area contributed by atoms with E-state index in [1.165, 1.54) is 18.2 Å². The molecule has 0 aliphatic carbocycles. The van der Waals surface area contributed by atoms with Crippen LogP contribution >= 0.6 is 0 Å². The summed E-state index contributed by atoms with van der Waals surface area (Å²) in [6.45, 7) is 4.49. The Kier molecular flexibility index (Phi) is 4.34. The van der Waals surface area contributed by atoms with Gasteiger partial charge in [0.1, 0.15) is 17.0 Å². The summed E-state index contributed by atoms with van der Waals surface area (Å²) in [6.07, 6.45) is -2.10. The molecule has 3 rings (SSSR count). The Morgan fingerprint density at radius 3 is 2.44 bits per heavy atom. The van der Waals surface area contributed by atoms with Crippen LogP contribution in [0.3, 0.4) is 0 Å². The molecule has 2 heterocycles. The van der Waals surface area contributed by atoms with E-state index in [9.17, 15) is 18.4 Å². The van der Waals surface area contributed by atoms with Gasteiger partial charge in [0.25, 0.3) is 5.91 Å². The lowest BCUT2D eigenvalue weighted by Gasteiger charge is -2.52. The van der Waals surface area contributed by atoms with E-state index in [2.05, 4.69) is 0 Å². The number of carbonyl (C=O) groups excluding carboxylic acids is 2. The Morgan fingerprint density at radius 1 is 1.22 bits per heavy atom. The van der Waals surface area contributed by atoms with E-state index in [0.717, 1.165) is 13.0 Å². The molecule has 0 N–H and O–H groups in total. The first-order chi connectivity index (χ1) is 12.3. The van der Waals surface area contributed by atoms with E-state index in [-0.39, 0.29) is 5.56 Å². The molecule has 1 aromatic carbocycles. The van der Waals surface area contributed by atoms with Crippen molar-refractivity contribution >= 4 is 12.0 Å². The molecule has 2 aliphatic heterocycles. The van der Waals surface area contributed by atoms with Crippen molar-refractivity contribution in [3.63, 3.8) is 0 Å². The molecule has 8 heteroatoms. The summed E-state index contributed by atoms with van der Waals surface area (Å²) in [7, 11) is 0. The maximum atomic E-state index is 16.1. The van der Waals surface area contributed by atoms with E-state index >= 15 is 4.39 Å². The first kappa shape index (κ1) is 19.7. The highest BCUT2D eigenvalue weighted by molar-refractivity contribution is 5.99. The third-order valence-electron chi connectivity index (χ3n) is 4.92. The van der Waals surface area contributed by atoms with Gasteiger partial charge in [0.05, 0.1) is 13.2 Å². The Morgan fingerprint density at radius 2 is 1.85 bits per heavy atom. The second kappa shape index (κ2) is 5.95. The molecule has 2 amide bonds. The first-order valence-corrected chi connectivity index (χ1v) is 8.62. The number of hydrogen-bond donors (Lipinski definition) is 0. The number of halogens is 3. The van der Waals surface area contributed by atoms with Crippen molar-refractivity contribution in [2.24, 2.45) is 0 Å². The van der Waals surface area contributed by atoms with Gasteiger partial charge in [-0.2, -0.15) is 0 Å². The summed E-state index contributed by atoms with van der Waals surface area (Å²) in [5.41, 5.74) is -8.61. The van der Waals surface area contributed by atoms with Gasteiger partial charge >= 0.3 is 6.09 Å². The van der Waals surface area contributed by atoms with Gasteiger partial charge in [0.15, 0.2) is 11.3 Å². The summed E-state index contributed by atoms with van der Waals surface area (Å²) in [6, 6.07) is 5.20. The van der Waals surface area contributed by atoms with Crippen molar-refractivity contribution in [1.82, 2.24) is 4.90 Å². The number of nitrogens with zero attached hydrogens (tertiary/aromatic N) is 1. The average molecular weight is 385 g/mol. The Bertz CT molecular complexity index is 791. The van der Waals surface area contributed by atoms with Crippen molar-refractivity contribution in [3.8, 4) is 0 Å². The number of benzene rings is 1. The van der Waals surface area contributed by atoms with Crippen LogP contribution in [0.5, 0.6) is 0 Å². The zero-order valence-electron chi connectivity index (χ0n) is 15.6. The van der Waals surface area contributed by atoms with Crippen molar-refractivity contribution in [2.45, 2.75) is 56.6 Å². The standard InChI is InChI=1S/C19H22F3NO4/c1-16(2,3)27-15(25)23-14(24)17(4,21)9-18(22)10-26-11-19(18,23)12-7-5-6-8-13(12)20/h5-8H,9-11H2,1-4H3/t17-,18-,19+/m0/s1. The normalized spacial score (nSPS) is 33.7. The van der Waals surface area contributed by atoms with E-state index in [4.69, 9.17) is 9.47 Å². The lowest BCUT2D eigenvalue weighted by atomic mass is 9.68. The zero-order valence-corrected chi connectivity index (χ0v) is 15.6. The van der Waals surface area contributed by atoms with Gasteiger partial charge in [-0.3, -0.25) is 4.79 Å². The SMILES string of the molecule is CC(C)(C)OC(=O)N1C(=O)[C@@](C)(F)C[C@]2(F)COC[C@]12c1ccccc1F. The van der Waals surface area contributed by atoms with Gasteiger partial charge in [-0.25, -0.2) is 22.9 Å². The average Bonchev–Trinajstić information content (AvgIpc) is 2.83. The largest absolute Gasteiger partial charge is 0.443 e. The van der Waals surface area contributed by atoms with Crippen molar-refractivity contribution < 1.29 is 32.2 Å². The van der Waals surface area contributed by atoms with Crippen LogP contribution in [0.2, 0.25) is 0 Å². The van der Waals surface area contributed by atoms with Gasteiger partial charge in [-0.1, -0.05) is 18.2 Å². The fourth-order valence-electron chi connectivity index (χ4n) is 3.86. The minimum absolute atomic E-state index is 0.250. The van der Waals surface area contributed by atoms with Crippen LogP contribution in [0.25, 0.3) is 0 Å². The Balaban J connectivity index is 2.25. The van der Waals surface area contributed by atoms with Crippen LogP contribution < -0.4 is 0 Å². The van der Waals surface area contributed by atoms with Gasteiger partial charge in [-0.05, 0) is 33.8 Å². The van der Waals surface area contributed by atoms with Gasteiger partial charge in [-0.15, -0.1) is 0 Å². The van der Waals surface area contributed by atoms with E-state index in [1.54, 1.807) is 20.8 Å². The quantitative estimate of drug-likeness (QED) is 0.741. The summed E-state index contributed by atoms with van der Waals surface area (Å²) in [5.74, 6) is -2.10. The van der Waals surface area contributed by atoms with E-state index in [1.807, 2.05) is 0 Å². The van der Waals surface area contributed by atoms with Crippen LogP contribution in [0.1, 0.15) is 39.7 Å². The molecule has 1 aromatic rings. The monoisotopic (exact) mass is 385 g/mol. The predicted molar refractivity (Wildman–Crippen MR) is 89.9 cm³/mol. The molecule has 148 valence electrons. The van der Waals surface area contributed by atoms with Crippen LogP contribution in [0.15, 0.2) is 24.3 Å². The minimum Gasteiger partial charge on any atom is -0.443 e.